The Bertz CT molecular complexity index is 1110. The van der Waals surface area contributed by atoms with Gasteiger partial charge in [-0.3, -0.25) is 0 Å². The van der Waals surface area contributed by atoms with Gasteiger partial charge in [-0.15, -0.1) is 0 Å². The highest BCUT2D eigenvalue weighted by molar-refractivity contribution is 6.05. The third kappa shape index (κ3) is 5.14. The first-order valence-corrected chi connectivity index (χ1v) is 12.1. The van der Waals surface area contributed by atoms with Crippen LogP contribution in [0.15, 0.2) is 72.8 Å². The molecule has 0 saturated carbocycles. The van der Waals surface area contributed by atoms with Crippen molar-refractivity contribution in [2.24, 2.45) is 0 Å². The van der Waals surface area contributed by atoms with Crippen molar-refractivity contribution < 1.29 is 9.84 Å². The molecule has 0 amide bonds. The number of aliphatic hydroxyl groups excluding tert-OH is 1. The van der Waals surface area contributed by atoms with Crippen LogP contribution < -0.4 is 4.74 Å². The van der Waals surface area contributed by atoms with E-state index in [1.807, 2.05) is 24.3 Å². The quantitative estimate of drug-likeness (QED) is 0.195. The molecular formula is C30H34O2. The summed E-state index contributed by atoms with van der Waals surface area (Å²) in [6.45, 7) is 2.80. The van der Waals surface area contributed by atoms with E-state index in [1.54, 1.807) is 0 Å². The fourth-order valence-corrected chi connectivity index (χ4v) is 4.71. The zero-order valence-corrected chi connectivity index (χ0v) is 19.1. The summed E-state index contributed by atoms with van der Waals surface area (Å²) in [6, 6.07) is 25.3. The fourth-order valence-electron chi connectivity index (χ4n) is 4.71. The van der Waals surface area contributed by atoms with Crippen LogP contribution in [0.2, 0.25) is 0 Å². The molecule has 0 heterocycles. The van der Waals surface area contributed by atoms with E-state index in [-0.39, 0.29) is 6.61 Å². The van der Waals surface area contributed by atoms with Crippen molar-refractivity contribution in [1.29, 1.82) is 0 Å². The Hall–Kier alpha value is -2.84. The van der Waals surface area contributed by atoms with Gasteiger partial charge in [-0.1, -0.05) is 99.7 Å². The van der Waals surface area contributed by atoms with Crippen molar-refractivity contribution in [3.8, 4) is 5.75 Å². The van der Waals surface area contributed by atoms with E-state index in [2.05, 4.69) is 55.5 Å². The third-order valence-corrected chi connectivity index (χ3v) is 6.40. The first-order chi connectivity index (χ1) is 15.8. The maximum absolute atomic E-state index is 9.44. The minimum absolute atomic E-state index is 0.0240. The van der Waals surface area contributed by atoms with Gasteiger partial charge >= 0.3 is 0 Å². The van der Waals surface area contributed by atoms with Gasteiger partial charge in [0.05, 0.1) is 6.61 Å². The molecule has 0 bridgehead atoms. The zero-order valence-electron chi connectivity index (χ0n) is 19.1. The molecule has 0 fully saturated rings. The lowest BCUT2D eigenvalue weighted by Crippen LogP contribution is -2.01. The Morgan fingerprint density at radius 1 is 0.656 bits per heavy atom. The minimum Gasteiger partial charge on any atom is -0.489 e. The lowest BCUT2D eigenvalue weighted by atomic mass is 9.89. The van der Waals surface area contributed by atoms with Crippen molar-refractivity contribution in [3.05, 3.63) is 89.5 Å². The number of benzene rings is 4. The van der Waals surface area contributed by atoms with Crippen molar-refractivity contribution in [2.75, 3.05) is 0 Å². The van der Waals surface area contributed by atoms with Crippen LogP contribution in [-0.2, 0) is 19.6 Å². The molecule has 4 aromatic rings. The van der Waals surface area contributed by atoms with Crippen LogP contribution in [-0.4, -0.2) is 5.11 Å². The summed E-state index contributed by atoms with van der Waals surface area (Å²) >= 11 is 0. The Labute approximate surface area is 191 Å². The summed E-state index contributed by atoms with van der Waals surface area (Å²) in [5, 5.41) is 14.7. The number of unbranched alkanes of at least 4 members (excludes halogenated alkanes) is 5. The molecule has 0 radical (unpaired) electrons. The summed E-state index contributed by atoms with van der Waals surface area (Å²) < 4.78 is 6.22. The van der Waals surface area contributed by atoms with Gasteiger partial charge in [0.2, 0.25) is 0 Å². The first-order valence-electron chi connectivity index (χ1n) is 12.1. The van der Waals surface area contributed by atoms with Crippen LogP contribution in [0, 0.1) is 0 Å². The van der Waals surface area contributed by atoms with Crippen LogP contribution >= 0.6 is 0 Å². The van der Waals surface area contributed by atoms with Crippen LogP contribution in [0.4, 0.5) is 0 Å². The summed E-state index contributed by atoms with van der Waals surface area (Å²) in [4.78, 5) is 0. The number of hydrogen-bond donors (Lipinski definition) is 1. The standard InChI is InChI=1S/C30H34O2/c1-2-3-4-5-6-7-15-25-26-16-8-10-18-28(26)30(29-19-11-9-17-27(25)29)22-32-24-14-12-13-23(20-24)21-31/h8-14,16-20,31H,2-7,15,21-22H2,1H3. The summed E-state index contributed by atoms with van der Waals surface area (Å²) in [5.41, 5.74) is 3.57. The van der Waals surface area contributed by atoms with Crippen molar-refractivity contribution in [2.45, 2.75) is 65.1 Å². The van der Waals surface area contributed by atoms with Crippen LogP contribution in [0.5, 0.6) is 5.75 Å². The van der Waals surface area contributed by atoms with E-state index in [0.29, 0.717) is 6.61 Å². The average molecular weight is 427 g/mol. The second kappa shape index (κ2) is 11.2. The predicted molar refractivity (Wildman–Crippen MR) is 135 cm³/mol. The third-order valence-electron chi connectivity index (χ3n) is 6.40. The molecule has 0 spiro atoms. The van der Waals surface area contributed by atoms with Crippen LogP contribution in [0.25, 0.3) is 21.5 Å². The average Bonchev–Trinajstić information content (AvgIpc) is 2.85. The molecular weight excluding hydrogens is 392 g/mol. The molecule has 1 N–H and O–H groups in total. The highest BCUT2D eigenvalue weighted by Crippen LogP contribution is 2.34. The Morgan fingerprint density at radius 2 is 1.25 bits per heavy atom. The van der Waals surface area contributed by atoms with Gasteiger partial charge in [0.15, 0.2) is 0 Å². The van der Waals surface area contributed by atoms with Gasteiger partial charge in [-0.2, -0.15) is 0 Å². The Morgan fingerprint density at radius 3 is 1.88 bits per heavy atom. The van der Waals surface area contributed by atoms with E-state index in [0.717, 1.165) is 17.7 Å². The molecule has 0 unspecified atom stereocenters. The lowest BCUT2D eigenvalue weighted by molar-refractivity contribution is 0.278. The molecule has 0 atom stereocenters. The van der Waals surface area contributed by atoms with E-state index < -0.39 is 0 Å². The molecule has 0 aliphatic heterocycles. The molecule has 0 aliphatic rings. The van der Waals surface area contributed by atoms with Gasteiger partial charge in [0.1, 0.15) is 12.4 Å². The fraction of sp³-hybridized carbons (Fsp3) is 0.333. The lowest BCUT2D eigenvalue weighted by Gasteiger charge is -2.17. The molecule has 2 heteroatoms. The second-order valence-corrected chi connectivity index (χ2v) is 8.66. The number of aliphatic hydroxyl groups is 1. The molecule has 0 saturated heterocycles. The maximum atomic E-state index is 9.44. The van der Waals surface area contributed by atoms with Gasteiger partial charge < -0.3 is 9.84 Å². The normalized spacial score (nSPS) is 11.3. The summed E-state index contributed by atoms with van der Waals surface area (Å²) in [7, 11) is 0. The number of ether oxygens (including phenoxy) is 1. The summed E-state index contributed by atoms with van der Waals surface area (Å²) in [6.07, 6.45) is 8.99. The highest BCUT2D eigenvalue weighted by Gasteiger charge is 2.14. The van der Waals surface area contributed by atoms with Crippen LogP contribution in [0.1, 0.15) is 62.1 Å². The molecule has 0 aromatic heterocycles. The summed E-state index contributed by atoms with van der Waals surface area (Å²) in [5.74, 6) is 0.792. The van der Waals surface area contributed by atoms with Gasteiger partial charge in [-0.25, -0.2) is 0 Å². The number of fused-ring (bicyclic) bond motifs is 2. The SMILES string of the molecule is CCCCCCCCc1c2ccccc2c(COc2cccc(CO)c2)c2ccccc12. The smallest absolute Gasteiger partial charge is 0.120 e. The topological polar surface area (TPSA) is 29.5 Å². The largest absolute Gasteiger partial charge is 0.489 e. The highest BCUT2D eigenvalue weighted by atomic mass is 16.5. The zero-order chi connectivity index (χ0) is 22.2. The van der Waals surface area contributed by atoms with E-state index in [1.165, 1.54) is 71.2 Å². The molecule has 0 aliphatic carbocycles. The van der Waals surface area contributed by atoms with Gasteiger partial charge in [0.25, 0.3) is 0 Å². The molecule has 166 valence electrons. The van der Waals surface area contributed by atoms with Crippen LogP contribution in [0.3, 0.4) is 0 Å². The maximum Gasteiger partial charge on any atom is 0.120 e. The van der Waals surface area contributed by atoms with Gasteiger partial charge in [-0.05, 0) is 57.6 Å². The van der Waals surface area contributed by atoms with Crippen molar-refractivity contribution in [3.63, 3.8) is 0 Å². The number of hydrogen-bond acceptors (Lipinski definition) is 2. The Balaban J connectivity index is 1.66. The molecule has 32 heavy (non-hydrogen) atoms. The van der Waals surface area contributed by atoms with Gasteiger partial charge in [0, 0.05) is 5.56 Å². The Kier molecular flexibility index (Phi) is 7.79. The van der Waals surface area contributed by atoms with Crippen molar-refractivity contribution in [1.82, 2.24) is 0 Å². The predicted octanol–water partition coefficient (Wildman–Crippen LogP) is 7.97. The van der Waals surface area contributed by atoms with E-state index in [9.17, 15) is 5.11 Å². The molecule has 4 rings (SSSR count). The molecule has 4 aromatic carbocycles. The van der Waals surface area contributed by atoms with E-state index >= 15 is 0 Å². The monoisotopic (exact) mass is 426 g/mol. The van der Waals surface area contributed by atoms with E-state index in [4.69, 9.17) is 4.74 Å². The number of rotatable bonds is 11. The van der Waals surface area contributed by atoms with Crippen molar-refractivity contribution >= 4 is 21.5 Å². The number of aryl methyl sites for hydroxylation is 1. The molecule has 2 nitrogen and oxygen atoms in total. The first kappa shape index (κ1) is 22.4. The second-order valence-electron chi connectivity index (χ2n) is 8.66. The minimum atomic E-state index is 0.0240.